The summed E-state index contributed by atoms with van der Waals surface area (Å²) in [6.45, 7) is 4.91. The number of nitrogens with zero attached hydrogens (tertiary/aromatic N) is 2. The zero-order valence-corrected chi connectivity index (χ0v) is 29.7. The number of hydrogen-bond acceptors (Lipinski definition) is 8. The molecule has 0 spiro atoms. The summed E-state index contributed by atoms with van der Waals surface area (Å²) >= 11 is 0. The van der Waals surface area contributed by atoms with Gasteiger partial charge < -0.3 is 20.3 Å². The van der Waals surface area contributed by atoms with Gasteiger partial charge in [-0.25, -0.2) is 17.6 Å². The fraction of sp³-hybridized carbons (Fsp3) is 0.543. The average molecular weight is 752 g/mol. The molecule has 2 aromatic rings. The normalized spacial score (nSPS) is 24.7. The van der Waals surface area contributed by atoms with E-state index in [9.17, 15) is 45.2 Å². The van der Waals surface area contributed by atoms with E-state index in [2.05, 4.69) is 15.4 Å². The molecule has 3 N–H and O–H groups in total. The van der Waals surface area contributed by atoms with Gasteiger partial charge in [0.1, 0.15) is 29.5 Å². The highest BCUT2D eigenvalue weighted by Gasteiger charge is 2.62. The molecule has 5 atom stereocenters. The Balaban J connectivity index is 1.24. The number of hydrogen-bond donors (Lipinski definition) is 3. The largest absolute Gasteiger partial charge is 0.444 e. The zero-order valence-electron chi connectivity index (χ0n) is 28.8. The molecule has 0 aromatic heterocycles. The number of rotatable bonds is 11. The molecule has 2 aliphatic heterocycles. The number of sulfonamides is 1. The SMILES string of the molecule is CC[C@@H]1C[C@]1(NC(=O)[C@@H]1C[C@@H](OC(=O)N2Cc3cccc(F)c3C2)CN1C(=O)[C@@H](Nc1cccc(C(F)(F)F)c1)C(C)C)C(=O)NS(=O)(=O)C1CC1. The number of ether oxygens (including phenoxy) is 1. The highest BCUT2D eigenvalue weighted by atomic mass is 32.2. The summed E-state index contributed by atoms with van der Waals surface area (Å²) in [6, 6.07) is 6.42. The molecule has 0 unspecified atom stereocenters. The van der Waals surface area contributed by atoms with E-state index in [4.69, 9.17) is 4.74 Å². The van der Waals surface area contributed by atoms with E-state index in [-0.39, 0.29) is 44.1 Å². The molecule has 4 aliphatic rings. The van der Waals surface area contributed by atoms with Crippen molar-refractivity contribution in [3.8, 4) is 0 Å². The highest BCUT2D eigenvalue weighted by molar-refractivity contribution is 7.91. The lowest BCUT2D eigenvalue weighted by atomic mass is 10.0. The van der Waals surface area contributed by atoms with Crippen molar-refractivity contribution in [1.29, 1.82) is 0 Å². The van der Waals surface area contributed by atoms with Gasteiger partial charge in [0, 0.05) is 24.2 Å². The second-order valence-electron chi connectivity index (χ2n) is 14.4. The van der Waals surface area contributed by atoms with Crippen molar-refractivity contribution in [3.63, 3.8) is 0 Å². The van der Waals surface area contributed by atoms with Gasteiger partial charge in [-0.05, 0) is 60.9 Å². The monoisotopic (exact) mass is 751 g/mol. The lowest BCUT2D eigenvalue weighted by Gasteiger charge is -2.32. The van der Waals surface area contributed by atoms with Crippen molar-refractivity contribution in [2.24, 2.45) is 11.8 Å². The first-order valence-electron chi connectivity index (χ1n) is 17.3. The maximum atomic E-state index is 14.4. The van der Waals surface area contributed by atoms with Gasteiger partial charge in [-0.2, -0.15) is 13.2 Å². The van der Waals surface area contributed by atoms with E-state index >= 15 is 0 Å². The van der Waals surface area contributed by atoms with Crippen LogP contribution in [0, 0.1) is 17.7 Å². The Hall–Kier alpha value is -4.41. The topological polar surface area (TPSA) is 154 Å². The molecular formula is C35H41F4N5O7S. The first-order chi connectivity index (χ1) is 24.4. The van der Waals surface area contributed by atoms with Crippen molar-refractivity contribution in [3.05, 3.63) is 65.0 Å². The van der Waals surface area contributed by atoms with Crippen LogP contribution in [-0.4, -0.2) is 77.6 Å². The number of nitrogens with one attached hydrogen (secondary N) is 3. The van der Waals surface area contributed by atoms with Crippen LogP contribution in [0.4, 0.5) is 28.0 Å². The van der Waals surface area contributed by atoms with Gasteiger partial charge in [0.05, 0.1) is 23.9 Å². The second-order valence-corrected chi connectivity index (χ2v) is 16.3. The smallest absolute Gasteiger partial charge is 0.416 e. The fourth-order valence-corrected chi connectivity index (χ4v) is 8.42. The fourth-order valence-electron chi connectivity index (χ4n) is 7.05. The number of carbonyl (C=O) groups is 4. The lowest BCUT2D eigenvalue weighted by Crippen LogP contribution is -2.58. The van der Waals surface area contributed by atoms with Crippen LogP contribution < -0.4 is 15.4 Å². The van der Waals surface area contributed by atoms with Crippen molar-refractivity contribution in [2.45, 2.75) is 101 Å². The number of amides is 4. The molecule has 3 fully saturated rings. The summed E-state index contributed by atoms with van der Waals surface area (Å²) in [5.74, 6) is -3.66. The number of benzene rings is 2. The molecule has 282 valence electrons. The van der Waals surface area contributed by atoms with Gasteiger partial charge in [-0.3, -0.25) is 24.0 Å². The Morgan fingerprint density at radius 2 is 1.77 bits per heavy atom. The minimum atomic E-state index is -4.63. The third kappa shape index (κ3) is 7.55. The van der Waals surface area contributed by atoms with Crippen LogP contribution in [0.2, 0.25) is 0 Å². The van der Waals surface area contributed by atoms with Crippen molar-refractivity contribution in [2.75, 3.05) is 11.9 Å². The number of likely N-dealkylation sites (tertiary alicyclic amines) is 1. The quantitative estimate of drug-likeness (QED) is 0.288. The summed E-state index contributed by atoms with van der Waals surface area (Å²) in [5, 5.41) is 4.91. The van der Waals surface area contributed by atoms with Crippen molar-refractivity contribution in [1.82, 2.24) is 19.8 Å². The van der Waals surface area contributed by atoms with Crippen LogP contribution in [0.3, 0.4) is 0 Å². The molecule has 52 heavy (non-hydrogen) atoms. The minimum absolute atomic E-state index is 0.0159. The minimum Gasteiger partial charge on any atom is -0.444 e. The van der Waals surface area contributed by atoms with E-state index in [0.29, 0.717) is 30.4 Å². The number of halogens is 4. The summed E-state index contributed by atoms with van der Waals surface area (Å²) < 4.78 is 87.9. The van der Waals surface area contributed by atoms with Crippen LogP contribution >= 0.6 is 0 Å². The Kier molecular flexibility index (Phi) is 9.95. The summed E-state index contributed by atoms with van der Waals surface area (Å²) in [6.07, 6.45) is -5.20. The standard InChI is InChI=1S/C35H41F4N5O7S/c1-4-21-15-34(21,32(47)42-52(49,50)25-11-12-25)41-30(45)28-14-24(51-33(48)43-16-20-7-5-10-27(36)26(20)18-43)17-44(28)31(46)29(19(2)3)40-23-9-6-8-22(13-23)35(37,38)39/h5-10,13,19,21,24-25,28-29,40H,4,11-12,14-18H2,1-3H3,(H,41,45)(H,42,47)/t21-,24-,28+,29+,34-/m1/s1. The predicted molar refractivity (Wildman–Crippen MR) is 179 cm³/mol. The van der Waals surface area contributed by atoms with Gasteiger partial charge in [-0.15, -0.1) is 0 Å². The molecule has 2 saturated carbocycles. The first kappa shape index (κ1) is 37.4. The molecular weight excluding hydrogens is 710 g/mol. The summed E-state index contributed by atoms with van der Waals surface area (Å²) in [7, 11) is -3.94. The Morgan fingerprint density at radius 1 is 1.06 bits per heavy atom. The molecule has 12 nitrogen and oxygen atoms in total. The number of fused-ring (bicyclic) bond motifs is 1. The molecule has 4 amide bonds. The highest BCUT2D eigenvalue weighted by Crippen LogP contribution is 2.47. The van der Waals surface area contributed by atoms with Gasteiger partial charge in [-0.1, -0.05) is 45.4 Å². The van der Waals surface area contributed by atoms with Gasteiger partial charge >= 0.3 is 12.3 Å². The predicted octanol–water partition coefficient (Wildman–Crippen LogP) is 4.30. The zero-order chi connectivity index (χ0) is 37.7. The number of carbonyl (C=O) groups excluding carboxylic acids is 4. The van der Waals surface area contributed by atoms with Crippen LogP contribution in [0.25, 0.3) is 0 Å². The molecule has 1 saturated heterocycles. The van der Waals surface area contributed by atoms with Crippen LogP contribution in [0.5, 0.6) is 0 Å². The van der Waals surface area contributed by atoms with E-state index in [0.717, 1.165) is 12.1 Å². The maximum Gasteiger partial charge on any atom is 0.416 e. The molecule has 2 aromatic carbocycles. The van der Waals surface area contributed by atoms with Crippen molar-refractivity contribution >= 4 is 39.5 Å². The molecule has 2 heterocycles. The summed E-state index contributed by atoms with van der Waals surface area (Å²) in [5.41, 5.74) is -1.50. The first-order valence-corrected chi connectivity index (χ1v) is 18.8. The summed E-state index contributed by atoms with van der Waals surface area (Å²) in [4.78, 5) is 57.5. The molecule has 2 aliphatic carbocycles. The van der Waals surface area contributed by atoms with Crippen LogP contribution in [0.15, 0.2) is 42.5 Å². The Bertz CT molecular complexity index is 1870. The molecule has 0 radical (unpaired) electrons. The Morgan fingerprint density at radius 3 is 2.38 bits per heavy atom. The van der Waals surface area contributed by atoms with Crippen LogP contribution in [0.1, 0.15) is 69.6 Å². The number of anilines is 1. The molecule has 6 rings (SSSR count). The van der Waals surface area contributed by atoms with E-state index in [1.54, 1.807) is 26.8 Å². The van der Waals surface area contributed by atoms with Crippen LogP contribution in [-0.2, 0) is 48.4 Å². The Labute approximate surface area is 298 Å². The lowest BCUT2D eigenvalue weighted by molar-refractivity contribution is -0.140. The second kappa shape index (κ2) is 13.9. The third-order valence-corrected chi connectivity index (χ3v) is 12.1. The molecule has 0 bridgehead atoms. The average Bonchev–Trinajstić information content (AvgIpc) is 3.97. The van der Waals surface area contributed by atoms with Crippen molar-refractivity contribution < 1.29 is 49.9 Å². The van der Waals surface area contributed by atoms with E-state index in [1.165, 1.54) is 34.1 Å². The molecule has 17 heteroatoms. The van der Waals surface area contributed by atoms with E-state index < -0.39 is 86.3 Å². The maximum absolute atomic E-state index is 14.4. The third-order valence-electron chi connectivity index (χ3n) is 10.3. The number of alkyl halides is 3. The van der Waals surface area contributed by atoms with E-state index in [1.807, 2.05) is 0 Å². The van der Waals surface area contributed by atoms with Gasteiger partial charge in [0.2, 0.25) is 21.8 Å². The van der Waals surface area contributed by atoms with Gasteiger partial charge in [0.25, 0.3) is 5.91 Å². The van der Waals surface area contributed by atoms with Gasteiger partial charge in [0.15, 0.2) is 0 Å².